The van der Waals surface area contributed by atoms with Gasteiger partial charge >= 0.3 is 0 Å². The zero-order valence-electron chi connectivity index (χ0n) is 15.2. The smallest absolute Gasteiger partial charge is 0.255 e. The van der Waals surface area contributed by atoms with Crippen LogP contribution in [0.15, 0.2) is 30.3 Å². The largest absolute Gasteiger partial charge is 0.454 e. The number of piperidine rings is 1. The first-order valence-corrected chi connectivity index (χ1v) is 9.50. The minimum Gasteiger partial charge on any atom is -0.454 e. The van der Waals surface area contributed by atoms with E-state index >= 15 is 0 Å². The zero-order valence-corrected chi connectivity index (χ0v) is 15.9. The van der Waals surface area contributed by atoms with E-state index in [9.17, 15) is 9.59 Å². The van der Waals surface area contributed by atoms with Gasteiger partial charge in [0.1, 0.15) is 0 Å². The van der Waals surface area contributed by atoms with Crippen molar-refractivity contribution >= 4 is 34.8 Å². The van der Waals surface area contributed by atoms with Crippen LogP contribution in [0.4, 0.5) is 11.4 Å². The number of amides is 2. The Bertz CT molecular complexity index is 941. The van der Waals surface area contributed by atoms with Crippen molar-refractivity contribution < 1.29 is 19.1 Å². The normalized spacial score (nSPS) is 15.4. The summed E-state index contributed by atoms with van der Waals surface area (Å²) in [4.78, 5) is 26.7. The van der Waals surface area contributed by atoms with Crippen molar-refractivity contribution in [3.8, 4) is 11.5 Å². The highest BCUT2D eigenvalue weighted by atomic mass is 35.5. The Morgan fingerprint density at radius 2 is 1.82 bits per heavy atom. The number of hydrogen-bond donors (Lipinski definition) is 2. The molecule has 2 aromatic rings. The molecule has 2 aliphatic rings. The number of ether oxygens (including phenoxy) is 2. The van der Waals surface area contributed by atoms with Crippen molar-refractivity contribution in [1.82, 2.24) is 0 Å². The number of halogens is 1. The van der Waals surface area contributed by atoms with Crippen LogP contribution in [0, 0.1) is 0 Å². The number of primary amides is 1. The van der Waals surface area contributed by atoms with E-state index in [4.69, 9.17) is 26.8 Å². The predicted molar refractivity (Wildman–Crippen MR) is 107 cm³/mol. The number of nitrogens with one attached hydrogen (secondary N) is 1. The second-order valence-corrected chi connectivity index (χ2v) is 7.20. The van der Waals surface area contributed by atoms with Gasteiger partial charge < -0.3 is 25.4 Å². The van der Waals surface area contributed by atoms with Gasteiger partial charge in [-0.3, -0.25) is 9.59 Å². The number of rotatable bonds is 4. The second-order valence-electron chi connectivity index (χ2n) is 6.79. The molecule has 0 radical (unpaired) electrons. The van der Waals surface area contributed by atoms with E-state index in [2.05, 4.69) is 10.2 Å². The molecule has 2 amide bonds. The van der Waals surface area contributed by atoms with Gasteiger partial charge in [-0.15, -0.1) is 0 Å². The Hall–Kier alpha value is -2.93. The Balaban J connectivity index is 1.65. The summed E-state index contributed by atoms with van der Waals surface area (Å²) < 4.78 is 10.6. The van der Waals surface area contributed by atoms with Gasteiger partial charge in [-0.1, -0.05) is 11.6 Å². The molecule has 2 heterocycles. The fourth-order valence-corrected chi connectivity index (χ4v) is 3.76. The number of nitrogens with zero attached hydrogens (tertiary/aromatic N) is 1. The van der Waals surface area contributed by atoms with Gasteiger partial charge in [0, 0.05) is 24.2 Å². The summed E-state index contributed by atoms with van der Waals surface area (Å²) in [6, 6.07) is 8.23. The van der Waals surface area contributed by atoms with Gasteiger partial charge in [0.15, 0.2) is 11.5 Å². The molecule has 146 valence electrons. The molecule has 1 saturated heterocycles. The lowest BCUT2D eigenvalue weighted by Gasteiger charge is -2.30. The number of nitrogens with two attached hydrogens (primary N) is 1. The van der Waals surface area contributed by atoms with Crippen LogP contribution in [0.2, 0.25) is 5.02 Å². The molecule has 0 atom stereocenters. The van der Waals surface area contributed by atoms with Gasteiger partial charge in [0.05, 0.1) is 16.4 Å². The standard InChI is InChI=1S/C20H20ClN3O4/c21-14-8-13(10-17-18(14)28-11-27-17)20(26)23-15-9-12(19(22)25)4-5-16(15)24-6-2-1-3-7-24/h4-5,8-10H,1-3,6-7,11H2,(H2,22,25)(H,23,26). The van der Waals surface area contributed by atoms with Crippen molar-refractivity contribution in [2.75, 3.05) is 30.1 Å². The first-order chi connectivity index (χ1) is 13.5. The second kappa shape index (κ2) is 7.59. The molecule has 2 aliphatic heterocycles. The van der Waals surface area contributed by atoms with Crippen LogP contribution >= 0.6 is 11.6 Å². The van der Waals surface area contributed by atoms with Crippen LogP contribution in [0.1, 0.15) is 40.0 Å². The molecule has 0 aliphatic carbocycles. The highest BCUT2D eigenvalue weighted by molar-refractivity contribution is 6.33. The van der Waals surface area contributed by atoms with Gasteiger partial charge in [-0.05, 0) is 49.6 Å². The number of fused-ring (bicyclic) bond motifs is 1. The number of carbonyl (C=O) groups is 2. The van der Waals surface area contributed by atoms with E-state index in [1.54, 1.807) is 18.2 Å². The van der Waals surface area contributed by atoms with Gasteiger partial charge in [0.25, 0.3) is 5.91 Å². The molecule has 1 fully saturated rings. The minimum absolute atomic E-state index is 0.0693. The minimum atomic E-state index is -0.549. The topological polar surface area (TPSA) is 93.9 Å². The average Bonchev–Trinajstić information content (AvgIpc) is 3.18. The summed E-state index contributed by atoms with van der Waals surface area (Å²) >= 11 is 6.19. The first-order valence-electron chi connectivity index (χ1n) is 9.12. The summed E-state index contributed by atoms with van der Waals surface area (Å²) in [5, 5.41) is 3.20. The molecule has 2 aromatic carbocycles. The number of carbonyl (C=O) groups excluding carboxylic acids is 2. The van der Waals surface area contributed by atoms with Crippen molar-refractivity contribution in [3.05, 3.63) is 46.5 Å². The molecule has 4 rings (SSSR count). The third kappa shape index (κ3) is 3.57. The van der Waals surface area contributed by atoms with E-state index in [0.29, 0.717) is 33.3 Å². The monoisotopic (exact) mass is 401 g/mol. The molecular weight excluding hydrogens is 382 g/mol. The SMILES string of the molecule is NC(=O)c1ccc(N2CCCCC2)c(NC(=O)c2cc(Cl)c3c(c2)OCO3)c1. The van der Waals surface area contributed by atoms with Gasteiger partial charge in [0.2, 0.25) is 12.7 Å². The maximum atomic E-state index is 12.9. The van der Waals surface area contributed by atoms with Crippen LogP contribution in [0.5, 0.6) is 11.5 Å². The molecular formula is C20H20ClN3O4. The first kappa shape index (κ1) is 18.4. The van der Waals surface area contributed by atoms with E-state index in [0.717, 1.165) is 31.6 Å². The third-order valence-electron chi connectivity index (χ3n) is 4.92. The molecule has 0 spiro atoms. The maximum absolute atomic E-state index is 12.9. The molecule has 0 bridgehead atoms. The van der Waals surface area contributed by atoms with Crippen LogP contribution in [-0.2, 0) is 0 Å². The lowest BCUT2D eigenvalue weighted by Crippen LogP contribution is -2.30. The van der Waals surface area contributed by atoms with Crippen LogP contribution in [0.3, 0.4) is 0 Å². The summed E-state index contributed by atoms with van der Waals surface area (Å²) in [6.07, 6.45) is 3.36. The van der Waals surface area contributed by atoms with E-state index < -0.39 is 5.91 Å². The molecule has 8 heteroatoms. The predicted octanol–water partition coefficient (Wildman–Crippen LogP) is 3.41. The van der Waals surface area contributed by atoms with Crippen LogP contribution < -0.4 is 25.4 Å². The van der Waals surface area contributed by atoms with Gasteiger partial charge in [-0.2, -0.15) is 0 Å². The Labute approximate surface area is 167 Å². The molecule has 0 aromatic heterocycles. The zero-order chi connectivity index (χ0) is 19.7. The van der Waals surface area contributed by atoms with Crippen LogP contribution in [0.25, 0.3) is 0 Å². The Morgan fingerprint density at radius 1 is 1.04 bits per heavy atom. The Morgan fingerprint density at radius 3 is 2.57 bits per heavy atom. The van der Waals surface area contributed by atoms with Crippen molar-refractivity contribution in [2.45, 2.75) is 19.3 Å². The molecule has 0 saturated carbocycles. The third-order valence-corrected chi connectivity index (χ3v) is 5.20. The Kier molecular flexibility index (Phi) is 5.00. The van der Waals surface area contributed by atoms with Crippen molar-refractivity contribution in [1.29, 1.82) is 0 Å². The summed E-state index contributed by atoms with van der Waals surface area (Å²) in [7, 11) is 0. The quantitative estimate of drug-likeness (QED) is 0.818. The molecule has 28 heavy (non-hydrogen) atoms. The fraction of sp³-hybridized carbons (Fsp3) is 0.300. The maximum Gasteiger partial charge on any atom is 0.255 e. The molecule has 0 unspecified atom stereocenters. The summed E-state index contributed by atoms with van der Waals surface area (Å²) in [5.74, 6) is -0.0466. The molecule has 7 nitrogen and oxygen atoms in total. The van der Waals surface area contributed by atoms with Crippen molar-refractivity contribution in [2.24, 2.45) is 5.73 Å². The summed E-state index contributed by atoms with van der Waals surface area (Å²) in [6.45, 7) is 1.86. The number of anilines is 2. The highest BCUT2D eigenvalue weighted by Crippen LogP contribution is 2.40. The average molecular weight is 402 g/mol. The lowest BCUT2D eigenvalue weighted by atomic mass is 10.1. The lowest BCUT2D eigenvalue weighted by molar-refractivity contribution is 0.0996. The summed E-state index contributed by atoms with van der Waals surface area (Å²) in [5.41, 5.74) is 7.50. The number of benzene rings is 2. The molecule has 3 N–H and O–H groups in total. The van der Waals surface area contributed by atoms with E-state index in [-0.39, 0.29) is 12.7 Å². The highest BCUT2D eigenvalue weighted by Gasteiger charge is 2.22. The van der Waals surface area contributed by atoms with Crippen molar-refractivity contribution in [3.63, 3.8) is 0 Å². The number of hydrogen-bond acceptors (Lipinski definition) is 5. The van der Waals surface area contributed by atoms with Gasteiger partial charge in [-0.25, -0.2) is 0 Å². The van der Waals surface area contributed by atoms with Crippen LogP contribution in [-0.4, -0.2) is 31.7 Å². The van der Waals surface area contributed by atoms with E-state index in [1.165, 1.54) is 12.5 Å². The van der Waals surface area contributed by atoms with E-state index in [1.807, 2.05) is 6.07 Å². The fourth-order valence-electron chi connectivity index (χ4n) is 3.49.